The van der Waals surface area contributed by atoms with Crippen LogP contribution in [0.5, 0.6) is 5.75 Å². The van der Waals surface area contributed by atoms with Crippen molar-refractivity contribution in [2.45, 2.75) is 13.0 Å². The summed E-state index contributed by atoms with van der Waals surface area (Å²) in [6, 6.07) is 11.5. The lowest BCUT2D eigenvalue weighted by Gasteiger charge is -2.27. The SMILES string of the molecule is CN1CCc2nc3sc4c(O)cc(=O)[nH]c4c3c(-c3ccccc3)c2C1. The van der Waals surface area contributed by atoms with Crippen LogP contribution in [-0.2, 0) is 13.0 Å². The number of thiophene rings is 1. The lowest BCUT2D eigenvalue weighted by atomic mass is 9.92. The highest BCUT2D eigenvalue weighted by Gasteiger charge is 2.25. The molecule has 5 nitrogen and oxygen atoms in total. The number of rotatable bonds is 1. The molecule has 0 saturated carbocycles. The van der Waals surface area contributed by atoms with Crippen LogP contribution < -0.4 is 5.56 Å². The second-order valence-corrected chi connectivity index (χ2v) is 7.77. The summed E-state index contributed by atoms with van der Waals surface area (Å²) >= 11 is 1.43. The zero-order valence-corrected chi connectivity index (χ0v) is 15.1. The van der Waals surface area contributed by atoms with Gasteiger partial charge in [-0.2, -0.15) is 0 Å². The molecule has 4 aromatic rings. The Morgan fingerprint density at radius 1 is 1.27 bits per heavy atom. The lowest BCUT2D eigenvalue weighted by Crippen LogP contribution is -2.27. The average Bonchev–Trinajstić information content (AvgIpc) is 2.99. The highest BCUT2D eigenvalue weighted by molar-refractivity contribution is 7.25. The van der Waals surface area contributed by atoms with Crippen molar-refractivity contribution in [1.29, 1.82) is 0 Å². The zero-order chi connectivity index (χ0) is 17.8. The van der Waals surface area contributed by atoms with Crippen molar-refractivity contribution in [3.05, 3.63) is 58.0 Å². The molecule has 0 radical (unpaired) electrons. The summed E-state index contributed by atoms with van der Waals surface area (Å²) in [5.74, 6) is 0.0147. The minimum Gasteiger partial charge on any atom is -0.506 e. The van der Waals surface area contributed by atoms with Crippen molar-refractivity contribution in [1.82, 2.24) is 14.9 Å². The van der Waals surface area contributed by atoms with Crippen LogP contribution in [0, 0.1) is 0 Å². The number of aromatic hydroxyl groups is 1. The molecule has 1 aromatic carbocycles. The maximum Gasteiger partial charge on any atom is 0.252 e. The van der Waals surface area contributed by atoms with Crippen molar-refractivity contribution >= 4 is 31.8 Å². The fourth-order valence-electron chi connectivity index (χ4n) is 3.81. The highest BCUT2D eigenvalue weighted by Crippen LogP contribution is 2.43. The van der Waals surface area contributed by atoms with E-state index >= 15 is 0 Å². The summed E-state index contributed by atoms with van der Waals surface area (Å²) in [4.78, 5) is 23.0. The number of H-pyrrole nitrogens is 1. The molecule has 0 fully saturated rings. The molecule has 4 heterocycles. The van der Waals surface area contributed by atoms with Crippen molar-refractivity contribution in [2.75, 3.05) is 13.6 Å². The molecule has 0 unspecified atom stereocenters. The van der Waals surface area contributed by atoms with E-state index in [2.05, 4.69) is 29.1 Å². The van der Waals surface area contributed by atoms with Crippen LogP contribution in [0.2, 0.25) is 0 Å². The number of nitrogens with zero attached hydrogens (tertiary/aromatic N) is 2. The zero-order valence-electron chi connectivity index (χ0n) is 14.2. The molecule has 2 N–H and O–H groups in total. The van der Waals surface area contributed by atoms with Crippen molar-refractivity contribution < 1.29 is 5.11 Å². The van der Waals surface area contributed by atoms with Gasteiger partial charge in [0.2, 0.25) is 0 Å². The first-order valence-electron chi connectivity index (χ1n) is 8.56. The third kappa shape index (κ3) is 2.26. The van der Waals surface area contributed by atoms with Gasteiger partial charge in [0.05, 0.1) is 10.2 Å². The van der Waals surface area contributed by atoms with E-state index < -0.39 is 0 Å². The standard InChI is InChI=1S/C20H17N3O2S/c1-23-8-7-13-12(10-23)16(11-5-3-2-4-6-11)17-18-19(26-20(17)21-13)14(24)9-15(25)22-18/h2-6,9H,7-8,10H2,1H3,(H2,22,24,25). The van der Waals surface area contributed by atoms with Crippen LogP contribution in [0.3, 0.4) is 0 Å². The monoisotopic (exact) mass is 363 g/mol. The van der Waals surface area contributed by atoms with E-state index in [0.717, 1.165) is 46.5 Å². The maximum absolute atomic E-state index is 12.0. The molecule has 0 amide bonds. The first kappa shape index (κ1) is 15.5. The van der Waals surface area contributed by atoms with E-state index in [0.29, 0.717) is 10.2 Å². The number of hydrogen-bond acceptors (Lipinski definition) is 5. The summed E-state index contributed by atoms with van der Waals surface area (Å²) < 4.78 is 0.681. The van der Waals surface area contributed by atoms with Gasteiger partial charge in [-0.05, 0) is 18.2 Å². The van der Waals surface area contributed by atoms with Gasteiger partial charge in [0.1, 0.15) is 10.6 Å². The van der Waals surface area contributed by atoms with Crippen LogP contribution >= 0.6 is 11.3 Å². The fourth-order valence-corrected chi connectivity index (χ4v) is 4.88. The minimum absolute atomic E-state index is 0.0147. The molecular weight excluding hydrogens is 346 g/mol. The van der Waals surface area contributed by atoms with Crippen LogP contribution in [0.25, 0.3) is 31.6 Å². The first-order chi connectivity index (χ1) is 12.6. The number of fused-ring (bicyclic) bond motifs is 4. The third-order valence-corrected chi connectivity index (χ3v) is 6.10. The molecule has 0 aliphatic carbocycles. The van der Waals surface area contributed by atoms with Gasteiger partial charge in [0, 0.05) is 42.2 Å². The van der Waals surface area contributed by atoms with E-state index in [1.165, 1.54) is 23.0 Å². The summed E-state index contributed by atoms with van der Waals surface area (Å²) in [5, 5.41) is 11.2. The Balaban J connectivity index is 2.00. The molecule has 3 aromatic heterocycles. The van der Waals surface area contributed by atoms with Gasteiger partial charge in [-0.15, -0.1) is 11.3 Å². The molecule has 1 aliphatic rings. The van der Waals surface area contributed by atoms with Crippen LogP contribution in [-0.4, -0.2) is 33.6 Å². The van der Waals surface area contributed by atoms with Crippen LogP contribution in [0.15, 0.2) is 41.2 Å². The number of pyridine rings is 2. The number of likely N-dealkylation sites (N-methyl/N-ethyl adjacent to an activating group) is 1. The Hall–Kier alpha value is -2.70. The molecule has 5 rings (SSSR count). The molecular formula is C20H17N3O2S. The lowest BCUT2D eigenvalue weighted by molar-refractivity contribution is 0.311. The van der Waals surface area contributed by atoms with Gasteiger partial charge in [-0.1, -0.05) is 30.3 Å². The summed E-state index contributed by atoms with van der Waals surface area (Å²) in [5.41, 5.74) is 4.92. The highest BCUT2D eigenvalue weighted by atomic mass is 32.1. The second kappa shape index (κ2) is 5.65. The molecule has 0 atom stereocenters. The van der Waals surface area contributed by atoms with E-state index in [4.69, 9.17) is 4.98 Å². The molecule has 130 valence electrons. The van der Waals surface area contributed by atoms with E-state index in [1.807, 2.05) is 18.2 Å². The Morgan fingerprint density at radius 2 is 2.08 bits per heavy atom. The Bertz CT molecular complexity index is 1210. The summed E-state index contributed by atoms with van der Waals surface area (Å²) in [6.07, 6.45) is 0.901. The Kier molecular flexibility index (Phi) is 3.38. The molecule has 0 bridgehead atoms. The van der Waals surface area contributed by atoms with Gasteiger partial charge in [-0.3, -0.25) is 4.79 Å². The minimum atomic E-state index is -0.302. The van der Waals surface area contributed by atoms with E-state index in [1.54, 1.807) is 0 Å². The molecule has 0 saturated heterocycles. The number of hydrogen-bond donors (Lipinski definition) is 2. The third-order valence-electron chi connectivity index (χ3n) is 5.00. The average molecular weight is 363 g/mol. The number of aromatic nitrogens is 2. The van der Waals surface area contributed by atoms with Crippen molar-refractivity contribution in [3.8, 4) is 16.9 Å². The van der Waals surface area contributed by atoms with Gasteiger partial charge in [0.25, 0.3) is 5.56 Å². The quantitative estimate of drug-likeness (QED) is 0.543. The van der Waals surface area contributed by atoms with Crippen LogP contribution in [0.1, 0.15) is 11.3 Å². The van der Waals surface area contributed by atoms with E-state index in [9.17, 15) is 9.90 Å². The second-order valence-electron chi connectivity index (χ2n) is 6.77. The predicted octanol–water partition coefficient (Wildman–Crippen LogP) is 3.50. The predicted molar refractivity (Wildman–Crippen MR) is 105 cm³/mol. The molecule has 6 heteroatoms. The smallest absolute Gasteiger partial charge is 0.252 e. The Morgan fingerprint density at radius 3 is 2.88 bits per heavy atom. The Labute approximate surface area is 153 Å². The van der Waals surface area contributed by atoms with E-state index in [-0.39, 0.29) is 11.3 Å². The van der Waals surface area contributed by atoms with Crippen LogP contribution in [0.4, 0.5) is 0 Å². The fraction of sp³-hybridized carbons (Fsp3) is 0.200. The number of benzene rings is 1. The number of nitrogens with one attached hydrogen (secondary N) is 1. The van der Waals surface area contributed by atoms with Crippen molar-refractivity contribution in [2.24, 2.45) is 0 Å². The van der Waals surface area contributed by atoms with Gasteiger partial charge < -0.3 is 15.0 Å². The molecule has 26 heavy (non-hydrogen) atoms. The van der Waals surface area contributed by atoms with Gasteiger partial charge in [0.15, 0.2) is 0 Å². The maximum atomic E-state index is 12.0. The topological polar surface area (TPSA) is 69.2 Å². The van der Waals surface area contributed by atoms with Gasteiger partial charge in [-0.25, -0.2) is 4.98 Å². The number of aromatic amines is 1. The van der Waals surface area contributed by atoms with Crippen molar-refractivity contribution in [3.63, 3.8) is 0 Å². The first-order valence-corrected chi connectivity index (χ1v) is 9.37. The summed E-state index contributed by atoms with van der Waals surface area (Å²) in [7, 11) is 2.11. The largest absolute Gasteiger partial charge is 0.506 e. The molecule has 0 spiro atoms. The summed E-state index contributed by atoms with van der Waals surface area (Å²) in [6.45, 7) is 1.80. The molecule has 1 aliphatic heterocycles. The van der Waals surface area contributed by atoms with Gasteiger partial charge >= 0.3 is 0 Å². The normalized spacial score (nSPS) is 14.8.